The number of hydrogen-bond donors (Lipinski definition) is 0. The monoisotopic (exact) mass is 299 g/mol. The highest BCUT2D eigenvalue weighted by molar-refractivity contribution is 9.10. The third-order valence-electron chi connectivity index (χ3n) is 1.79. The molecule has 0 aliphatic rings. The maximum absolute atomic E-state index is 5.15. The van der Waals surface area contributed by atoms with Crippen LogP contribution in [0.5, 0.6) is 0 Å². The van der Waals surface area contributed by atoms with Gasteiger partial charge in [0.2, 0.25) is 0 Å². The van der Waals surface area contributed by atoms with Crippen molar-refractivity contribution in [2.45, 2.75) is 30.0 Å². The van der Waals surface area contributed by atoms with E-state index in [1.54, 1.807) is 12.5 Å². The van der Waals surface area contributed by atoms with E-state index in [0.29, 0.717) is 5.22 Å². The Kier molecular flexibility index (Phi) is 3.95. The summed E-state index contributed by atoms with van der Waals surface area (Å²) in [6, 6.07) is 1.86. The molecule has 6 heteroatoms. The number of halogens is 1. The summed E-state index contributed by atoms with van der Waals surface area (Å²) in [5.74, 6) is 0.839. The lowest BCUT2D eigenvalue weighted by Crippen LogP contribution is -1.96. The van der Waals surface area contributed by atoms with Crippen LogP contribution in [0.1, 0.15) is 19.2 Å². The Hall–Kier alpha value is -0.880. The van der Waals surface area contributed by atoms with E-state index in [2.05, 4.69) is 37.8 Å². The molecular formula is C10H10BrN3OS. The normalized spacial score (nSPS) is 10.6. The highest BCUT2D eigenvalue weighted by Gasteiger charge is 2.06. The predicted molar refractivity (Wildman–Crippen MR) is 64.4 cm³/mol. The number of oxazole rings is 1. The van der Waals surface area contributed by atoms with E-state index in [1.807, 2.05) is 6.07 Å². The van der Waals surface area contributed by atoms with Crippen molar-refractivity contribution in [3.63, 3.8) is 0 Å². The first-order valence-electron chi connectivity index (χ1n) is 4.88. The maximum atomic E-state index is 5.15. The summed E-state index contributed by atoms with van der Waals surface area (Å²) in [7, 11) is 0. The number of rotatable bonds is 4. The van der Waals surface area contributed by atoms with Crippen LogP contribution in [-0.2, 0) is 6.42 Å². The molecule has 0 amide bonds. The van der Waals surface area contributed by atoms with E-state index in [0.717, 1.165) is 28.3 Å². The lowest BCUT2D eigenvalue weighted by atomic mass is 10.3. The Morgan fingerprint density at radius 2 is 2.31 bits per heavy atom. The fourth-order valence-electron chi connectivity index (χ4n) is 1.18. The lowest BCUT2D eigenvalue weighted by molar-refractivity contribution is 0.454. The first-order valence-corrected chi connectivity index (χ1v) is 6.49. The molecule has 2 aromatic rings. The Morgan fingerprint density at radius 3 is 3.00 bits per heavy atom. The van der Waals surface area contributed by atoms with Crippen LogP contribution < -0.4 is 0 Å². The molecule has 0 spiro atoms. The minimum atomic E-state index is 0.591. The summed E-state index contributed by atoms with van der Waals surface area (Å²) < 4.78 is 5.94. The average Bonchev–Trinajstić information content (AvgIpc) is 2.70. The van der Waals surface area contributed by atoms with E-state index in [-0.39, 0.29) is 0 Å². The summed E-state index contributed by atoms with van der Waals surface area (Å²) in [4.78, 5) is 12.8. The van der Waals surface area contributed by atoms with Crippen molar-refractivity contribution >= 4 is 27.7 Å². The first kappa shape index (κ1) is 11.6. The molecule has 0 saturated carbocycles. The highest BCUT2D eigenvalue weighted by Crippen LogP contribution is 2.26. The quantitative estimate of drug-likeness (QED) is 0.811. The summed E-state index contributed by atoms with van der Waals surface area (Å²) in [6.45, 7) is 2.10. The molecule has 0 saturated heterocycles. The van der Waals surface area contributed by atoms with Crippen LogP contribution >= 0.6 is 27.7 Å². The molecule has 0 bridgehead atoms. The van der Waals surface area contributed by atoms with Gasteiger partial charge in [0.25, 0.3) is 5.22 Å². The van der Waals surface area contributed by atoms with Crippen LogP contribution in [-0.4, -0.2) is 15.0 Å². The maximum Gasteiger partial charge on any atom is 0.261 e. The number of aryl methyl sites for hydroxylation is 1. The molecule has 84 valence electrons. The van der Waals surface area contributed by atoms with Gasteiger partial charge in [-0.1, -0.05) is 6.92 Å². The van der Waals surface area contributed by atoms with E-state index in [1.165, 1.54) is 11.8 Å². The zero-order chi connectivity index (χ0) is 11.4. The fraction of sp³-hybridized carbons (Fsp3) is 0.300. The van der Waals surface area contributed by atoms with Crippen LogP contribution in [0.3, 0.4) is 0 Å². The molecule has 16 heavy (non-hydrogen) atoms. The molecule has 2 aromatic heterocycles. The SMILES string of the molecule is CCCc1nc(Br)cc(Sc2ncco2)n1. The molecule has 2 rings (SSSR count). The molecular weight excluding hydrogens is 290 g/mol. The van der Waals surface area contributed by atoms with Gasteiger partial charge in [-0.25, -0.2) is 15.0 Å². The van der Waals surface area contributed by atoms with Gasteiger partial charge in [-0.3, -0.25) is 0 Å². The van der Waals surface area contributed by atoms with Gasteiger partial charge >= 0.3 is 0 Å². The van der Waals surface area contributed by atoms with Gasteiger partial charge in [0, 0.05) is 12.5 Å². The molecule has 0 fully saturated rings. The Labute approximate surface area is 106 Å². The molecule has 0 aliphatic carbocycles. The zero-order valence-electron chi connectivity index (χ0n) is 8.68. The summed E-state index contributed by atoms with van der Waals surface area (Å²) >= 11 is 4.76. The summed E-state index contributed by atoms with van der Waals surface area (Å²) in [6.07, 6.45) is 5.06. The number of nitrogens with zero attached hydrogens (tertiary/aromatic N) is 3. The topological polar surface area (TPSA) is 51.8 Å². The van der Waals surface area contributed by atoms with E-state index >= 15 is 0 Å². The number of hydrogen-bond acceptors (Lipinski definition) is 5. The second-order valence-corrected chi connectivity index (χ2v) is 4.88. The third-order valence-corrected chi connectivity index (χ3v) is 2.99. The van der Waals surface area contributed by atoms with Crippen LogP contribution in [0, 0.1) is 0 Å². The standard InChI is InChI=1S/C10H10BrN3OS/c1-2-3-8-13-7(11)6-9(14-8)16-10-12-4-5-15-10/h4-6H,2-3H2,1H3. The summed E-state index contributed by atoms with van der Waals surface area (Å²) in [5, 5.41) is 1.43. The highest BCUT2D eigenvalue weighted by atomic mass is 79.9. The third kappa shape index (κ3) is 3.05. The van der Waals surface area contributed by atoms with Crippen LogP contribution in [0.25, 0.3) is 0 Å². The second-order valence-electron chi connectivity index (χ2n) is 3.10. The van der Waals surface area contributed by atoms with Crippen LogP contribution in [0.2, 0.25) is 0 Å². The van der Waals surface area contributed by atoms with Gasteiger partial charge in [0.1, 0.15) is 21.7 Å². The molecule has 0 radical (unpaired) electrons. The Morgan fingerprint density at radius 1 is 1.44 bits per heavy atom. The van der Waals surface area contributed by atoms with Crippen molar-refractivity contribution in [2.24, 2.45) is 0 Å². The molecule has 0 unspecified atom stereocenters. The van der Waals surface area contributed by atoms with E-state index < -0.39 is 0 Å². The lowest BCUT2D eigenvalue weighted by Gasteiger charge is -2.01. The average molecular weight is 300 g/mol. The van der Waals surface area contributed by atoms with Crippen molar-refractivity contribution in [2.75, 3.05) is 0 Å². The molecule has 0 aromatic carbocycles. The van der Waals surface area contributed by atoms with Crippen molar-refractivity contribution in [3.05, 3.63) is 29.0 Å². The van der Waals surface area contributed by atoms with Gasteiger partial charge < -0.3 is 4.42 Å². The molecule has 2 heterocycles. The van der Waals surface area contributed by atoms with Crippen LogP contribution in [0.15, 0.2) is 37.8 Å². The zero-order valence-corrected chi connectivity index (χ0v) is 11.1. The minimum absolute atomic E-state index is 0.591. The first-order chi connectivity index (χ1) is 7.78. The van der Waals surface area contributed by atoms with Gasteiger partial charge in [0.15, 0.2) is 0 Å². The molecule has 0 N–H and O–H groups in total. The van der Waals surface area contributed by atoms with Gasteiger partial charge in [-0.15, -0.1) is 0 Å². The second kappa shape index (κ2) is 5.45. The predicted octanol–water partition coefficient (Wildman–Crippen LogP) is 3.33. The Balaban J connectivity index is 2.20. The minimum Gasteiger partial charge on any atom is -0.440 e. The van der Waals surface area contributed by atoms with Crippen LogP contribution in [0.4, 0.5) is 0 Å². The van der Waals surface area contributed by atoms with Crippen molar-refractivity contribution in [1.82, 2.24) is 15.0 Å². The van der Waals surface area contributed by atoms with Crippen molar-refractivity contribution < 1.29 is 4.42 Å². The van der Waals surface area contributed by atoms with Crippen molar-refractivity contribution in [3.8, 4) is 0 Å². The van der Waals surface area contributed by atoms with E-state index in [4.69, 9.17) is 4.42 Å². The largest absolute Gasteiger partial charge is 0.440 e. The molecule has 0 aliphatic heterocycles. The smallest absolute Gasteiger partial charge is 0.261 e. The van der Waals surface area contributed by atoms with Gasteiger partial charge in [-0.2, -0.15) is 0 Å². The molecule has 4 nitrogen and oxygen atoms in total. The molecule has 0 atom stereocenters. The van der Waals surface area contributed by atoms with Crippen molar-refractivity contribution in [1.29, 1.82) is 0 Å². The van der Waals surface area contributed by atoms with Gasteiger partial charge in [0.05, 0.1) is 6.20 Å². The Bertz CT molecular complexity index is 461. The van der Waals surface area contributed by atoms with E-state index in [9.17, 15) is 0 Å². The fourth-order valence-corrected chi connectivity index (χ4v) is 2.47. The summed E-state index contributed by atoms with van der Waals surface area (Å²) in [5.41, 5.74) is 0. The number of aromatic nitrogens is 3. The van der Waals surface area contributed by atoms with Gasteiger partial charge in [-0.05, 0) is 34.1 Å².